The highest BCUT2D eigenvalue weighted by atomic mass is 32.1. The van der Waals surface area contributed by atoms with E-state index in [2.05, 4.69) is 39.0 Å². The molecule has 2 heterocycles. The first-order valence-electron chi connectivity index (χ1n) is 15.3. The Balaban J connectivity index is 1.19. The first kappa shape index (κ1) is 31.7. The zero-order valence-corrected chi connectivity index (χ0v) is 26.8. The molecular weight excluding hydrogens is 558 g/mol. The van der Waals surface area contributed by atoms with E-state index in [1.165, 1.54) is 82.2 Å². The summed E-state index contributed by atoms with van der Waals surface area (Å²) in [5, 5.41) is 9.59. The van der Waals surface area contributed by atoms with E-state index < -0.39 is 0 Å². The normalized spacial score (nSPS) is 11.5. The molecule has 2 aromatic heterocycles. The van der Waals surface area contributed by atoms with E-state index in [9.17, 15) is 9.65 Å². The second kappa shape index (κ2) is 16.4. The molecule has 2 aromatic carbocycles. The molecular formula is C37H42FNOS2. The number of thiophene rings is 2. The quantitative estimate of drug-likeness (QED) is 0.0729. The number of hydrogen-bond acceptors (Lipinski definition) is 4. The Bertz CT molecular complexity index is 1470. The van der Waals surface area contributed by atoms with Crippen LogP contribution in [0.2, 0.25) is 0 Å². The fourth-order valence-corrected chi connectivity index (χ4v) is 7.45. The van der Waals surface area contributed by atoms with Gasteiger partial charge < -0.3 is 4.74 Å². The van der Waals surface area contributed by atoms with Crippen LogP contribution in [0.15, 0.2) is 60.7 Å². The molecule has 0 saturated carbocycles. The fourth-order valence-electron chi connectivity index (χ4n) is 5.18. The molecule has 2 nitrogen and oxygen atoms in total. The third kappa shape index (κ3) is 9.41. The SMILES string of the molecule is CCCCCCc1cc(-c2sc(C)cc2CCCCCCOc2ccc(/C(C#N)=C/c3ccc(F)cc3)cc2)sc1C. The van der Waals surface area contributed by atoms with Gasteiger partial charge in [-0.15, -0.1) is 22.7 Å². The molecule has 4 aromatic rings. The molecule has 0 atom stereocenters. The summed E-state index contributed by atoms with van der Waals surface area (Å²) in [7, 11) is 0. The van der Waals surface area contributed by atoms with Crippen LogP contribution >= 0.6 is 22.7 Å². The summed E-state index contributed by atoms with van der Waals surface area (Å²) < 4.78 is 19.1. The number of nitrogens with zero attached hydrogens (tertiary/aromatic N) is 1. The molecule has 220 valence electrons. The first-order chi connectivity index (χ1) is 20.5. The second-order valence-corrected chi connectivity index (χ2v) is 13.5. The summed E-state index contributed by atoms with van der Waals surface area (Å²) >= 11 is 3.92. The molecule has 5 heteroatoms. The number of nitriles is 1. The maximum Gasteiger partial charge on any atom is 0.123 e. The minimum Gasteiger partial charge on any atom is -0.494 e. The maximum absolute atomic E-state index is 13.2. The molecule has 0 aliphatic heterocycles. The molecule has 0 unspecified atom stereocenters. The summed E-state index contributed by atoms with van der Waals surface area (Å²) in [6.07, 6.45) is 13.9. The smallest absolute Gasteiger partial charge is 0.123 e. The average Bonchev–Trinajstić information content (AvgIpc) is 3.56. The number of aryl methyl sites for hydroxylation is 4. The molecule has 42 heavy (non-hydrogen) atoms. The molecule has 0 fully saturated rings. The zero-order chi connectivity index (χ0) is 29.7. The van der Waals surface area contributed by atoms with E-state index in [0.717, 1.165) is 36.1 Å². The van der Waals surface area contributed by atoms with Crippen molar-refractivity contribution in [3.8, 4) is 21.6 Å². The lowest BCUT2D eigenvalue weighted by atomic mass is 10.0. The van der Waals surface area contributed by atoms with Crippen LogP contribution < -0.4 is 4.74 Å². The largest absolute Gasteiger partial charge is 0.494 e. The van der Waals surface area contributed by atoms with Crippen LogP contribution in [0.25, 0.3) is 21.4 Å². The van der Waals surface area contributed by atoms with Gasteiger partial charge in [0.05, 0.1) is 18.2 Å². The topological polar surface area (TPSA) is 33.0 Å². The summed E-state index contributed by atoms with van der Waals surface area (Å²) in [4.78, 5) is 5.83. The van der Waals surface area contributed by atoms with E-state index >= 15 is 0 Å². The van der Waals surface area contributed by atoms with Gasteiger partial charge >= 0.3 is 0 Å². The van der Waals surface area contributed by atoms with Gasteiger partial charge in [0, 0.05) is 19.5 Å². The standard InChI is InChI=1S/C37H42FNOS2/c1-4-5-6-9-12-31-25-36(42-28(31)3)37-32(23-27(2)41-37)13-10-7-8-11-22-40-35-20-16-30(17-21-35)33(26-39)24-29-14-18-34(38)19-15-29/h14-21,23-25H,4-13,22H2,1-3H3/b33-24+. The van der Waals surface area contributed by atoms with Crippen molar-refractivity contribution >= 4 is 34.3 Å². The van der Waals surface area contributed by atoms with Crippen molar-refractivity contribution in [2.75, 3.05) is 6.61 Å². The van der Waals surface area contributed by atoms with Crippen LogP contribution in [0.4, 0.5) is 4.39 Å². The number of unbranched alkanes of at least 4 members (excludes halogenated alkanes) is 6. The van der Waals surface area contributed by atoms with Crippen LogP contribution in [-0.2, 0) is 12.8 Å². The first-order valence-corrected chi connectivity index (χ1v) is 16.9. The van der Waals surface area contributed by atoms with Gasteiger partial charge in [0.2, 0.25) is 0 Å². The lowest BCUT2D eigenvalue weighted by molar-refractivity contribution is 0.304. The Morgan fingerprint density at radius 3 is 2.24 bits per heavy atom. The number of ether oxygens (including phenoxy) is 1. The van der Waals surface area contributed by atoms with Crippen LogP contribution in [0.5, 0.6) is 5.75 Å². The van der Waals surface area contributed by atoms with E-state index in [-0.39, 0.29) is 5.82 Å². The summed E-state index contributed by atoms with van der Waals surface area (Å²) in [6.45, 7) is 7.48. The molecule has 0 saturated heterocycles. The number of halogens is 1. The summed E-state index contributed by atoms with van der Waals surface area (Å²) in [5.41, 5.74) is 5.21. The predicted octanol–water partition coefficient (Wildman–Crippen LogP) is 11.6. The van der Waals surface area contributed by atoms with E-state index in [1.807, 2.05) is 46.9 Å². The van der Waals surface area contributed by atoms with Crippen molar-refractivity contribution in [1.82, 2.24) is 0 Å². The monoisotopic (exact) mass is 599 g/mol. The predicted molar refractivity (Wildman–Crippen MR) is 179 cm³/mol. The molecule has 4 rings (SSSR count). The Kier molecular flexibility index (Phi) is 12.4. The number of hydrogen-bond donors (Lipinski definition) is 0. The maximum atomic E-state index is 13.2. The highest BCUT2D eigenvalue weighted by molar-refractivity contribution is 7.22. The van der Waals surface area contributed by atoms with Gasteiger partial charge in [-0.2, -0.15) is 5.26 Å². The zero-order valence-electron chi connectivity index (χ0n) is 25.2. The van der Waals surface area contributed by atoms with E-state index in [0.29, 0.717) is 12.2 Å². The van der Waals surface area contributed by atoms with Gasteiger partial charge in [0.1, 0.15) is 11.6 Å². The number of benzene rings is 2. The molecule has 0 radical (unpaired) electrons. The average molecular weight is 600 g/mol. The van der Waals surface area contributed by atoms with Gasteiger partial charge in [-0.1, -0.05) is 51.2 Å². The van der Waals surface area contributed by atoms with Crippen molar-refractivity contribution in [2.24, 2.45) is 0 Å². The Morgan fingerprint density at radius 1 is 0.833 bits per heavy atom. The summed E-state index contributed by atoms with van der Waals surface area (Å²) in [6, 6.07) is 20.9. The Labute approximate surface area is 259 Å². The fraction of sp³-hybridized carbons (Fsp3) is 0.378. The van der Waals surface area contributed by atoms with Crippen molar-refractivity contribution in [2.45, 2.75) is 85.0 Å². The highest BCUT2D eigenvalue weighted by Gasteiger charge is 2.14. The molecule has 0 spiro atoms. The summed E-state index contributed by atoms with van der Waals surface area (Å²) in [5.74, 6) is 0.525. The highest BCUT2D eigenvalue weighted by Crippen LogP contribution is 2.39. The van der Waals surface area contributed by atoms with Gasteiger partial charge in [-0.25, -0.2) is 4.39 Å². The molecule has 0 amide bonds. The van der Waals surface area contributed by atoms with Crippen LogP contribution in [-0.4, -0.2) is 6.61 Å². The molecule has 0 bridgehead atoms. The van der Waals surface area contributed by atoms with Crippen molar-refractivity contribution in [3.05, 3.63) is 98.5 Å². The lowest BCUT2D eigenvalue weighted by Crippen LogP contribution is -1.97. The lowest BCUT2D eigenvalue weighted by Gasteiger charge is -2.07. The van der Waals surface area contributed by atoms with Gasteiger partial charge in [0.15, 0.2) is 0 Å². The van der Waals surface area contributed by atoms with Crippen molar-refractivity contribution in [3.63, 3.8) is 0 Å². The molecule has 0 N–H and O–H groups in total. The van der Waals surface area contributed by atoms with Crippen LogP contribution in [0.1, 0.15) is 90.3 Å². The third-order valence-electron chi connectivity index (χ3n) is 7.55. The Morgan fingerprint density at radius 2 is 1.52 bits per heavy atom. The van der Waals surface area contributed by atoms with Gasteiger partial charge in [0.25, 0.3) is 0 Å². The van der Waals surface area contributed by atoms with Crippen molar-refractivity contribution < 1.29 is 9.13 Å². The van der Waals surface area contributed by atoms with E-state index in [1.54, 1.807) is 23.8 Å². The number of rotatable bonds is 16. The van der Waals surface area contributed by atoms with E-state index in [4.69, 9.17) is 4.74 Å². The number of allylic oxidation sites excluding steroid dienone is 1. The van der Waals surface area contributed by atoms with Gasteiger partial charge in [-0.05, 0) is 123 Å². The second-order valence-electron chi connectivity index (χ2n) is 11.0. The van der Waals surface area contributed by atoms with Crippen LogP contribution in [0, 0.1) is 31.0 Å². The molecule has 0 aliphatic carbocycles. The third-order valence-corrected chi connectivity index (χ3v) is 9.92. The van der Waals surface area contributed by atoms with Crippen molar-refractivity contribution in [1.29, 1.82) is 5.26 Å². The minimum atomic E-state index is -0.287. The molecule has 0 aliphatic rings. The minimum absolute atomic E-state index is 0.287. The van der Waals surface area contributed by atoms with Crippen LogP contribution in [0.3, 0.4) is 0 Å². The Hall–Kier alpha value is -3.20. The van der Waals surface area contributed by atoms with Gasteiger partial charge in [-0.3, -0.25) is 0 Å².